The lowest BCUT2D eigenvalue weighted by molar-refractivity contribution is -0.692. The molecule has 39 heavy (non-hydrogen) atoms. The second-order valence-electron chi connectivity index (χ2n) is 8.42. The number of amides is 2. The Morgan fingerprint density at radius 2 is 1.90 bits per heavy atom. The van der Waals surface area contributed by atoms with Gasteiger partial charge in [-0.05, 0) is 23.8 Å². The maximum atomic E-state index is 12.9. The number of carboxylic acids is 1. The van der Waals surface area contributed by atoms with E-state index in [-0.39, 0.29) is 23.9 Å². The molecular weight excluding hydrogens is 629 g/mol. The van der Waals surface area contributed by atoms with E-state index in [2.05, 4.69) is 5.32 Å². The van der Waals surface area contributed by atoms with Gasteiger partial charge in [0, 0.05) is 38.5 Å². The Kier molecular flexibility index (Phi) is 9.78. The summed E-state index contributed by atoms with van der Waals surface area (Å²) >= 11 is 16.1. The number of carbonyl (C=O) groups is 3. The average Bonchev–Trinajstić information content (AvgIpc) is 2.89. The largest absolute Gasteiger partial charge is 0.477 e. The Morgan fingerprint density at radius 1 is 1.18 bits per heavy atom. The summed E-state index contributed by atoms with van der Waals surface area (Å²) in [5.41, 5.74) is 0.516. The van der Waals surface area contributed by atoms with Crippen LogP contribution in [0.25, 0.3) is 0 Å². The second kappa shape index (κ2) is 12.7. The molecule has 0 saturated carbocycles. The third kappa shape index (κ3) is 7.63. The quantitative estimate of drug-likeness (QED) is 0.144. The first-order chi connectivity index (χ1) is 18.4. The molecule has 0 spiro atoms. The molecule has 10 nitrogen and oxygen atoms in total. The van der Waals surface area contributed by atoms with E-state index >= 15 is 0 Å². The summed E-state index contributed by atoms with van der Waals surface area (Å²) in [7, 11) is -4.06. The molecule has 2 amide bonds. The van der Waals surface area contributed by atoms with Crippen molar-refractivity contribution in [2.45, 2.75) is 27.8 Å². The number of aromatic nitrogens is 1. The third-order valence-corrected chi connectivity index (χ3v) is 10.6. The third-order valence-electron chi connectivity index (χ3n) is 5.70. The van der Waals surface area contributed by atoms with Crippen molar-refractivity contribution >= 4 is 86.4 Å². The van der Waals surface area contributed by atoms with Gasteiger partial charge < -0.3 is 10.4 Å². The lowest BCUT2D eigenvalue weighted by Crippen LogP contribution is -2.70. The van der Waals surface area contributed by atoms with Crippen LogP contribution < -0.4 is 9.88 Å². The van der Waals surface area contributed by atoms with Gasteiger partial charge in [-0.3, -0.25) is 19.0 Å². The maximum absolute atomic E-state index is 12.9. The molecule has 0 unspecified atom stereocenters. The van der Waals surface area contributed by atoms with Crippen molar-refractivity contribution in [3.05, 3.63) is 64.0 Å². The van der Waals surface area contributed by atoms with Gasteiger partial charge in [0.05, 0.1) is 10.8 Å². The first-order valence-corrected chi connectivity index (χ1v) is 16.7. The number of hydrogen-bond acceptors (Lipinski definition) is 8. The molecule has 1 fully saturated rings. The Hall–Kier alpha value is -1.94. The lowest BCUT2D eigenvalue weighted by atomic mass is 10.0. The number of carboxylic acid groups (broad SMARTS) is 1. The predicted molar refractivity (Wildman–Crippen MR) is 151 cm³/mol. The summed E-state index contributed by atoms with van der Waals surface area (Å²) in [5.74, 6) is -1.76. The number of hydrogen-bond donors (Lipinski definition) is 3. The molecule has 1 aromatic heterocycles. The van der Waals surface area contributed by atoms with Gasteiger partial charge in [-0.1, -0.05) is 23.2 Å². The lowest BCUT2D eigenvalue weighted by Gasteiger charge is -2.49. The summed E-state index contributed by atoms with van der Waals surface area (Å²) in [6, 6.07) is 7.60. The zero-order valence-electron chi connectivity index (χ0n) is 20.0. The summed E-state index contributed by atoms with van der Waals surface area (Å²) in [6.45, 7) is 0.0952. The summed E-state index contributed by atoms with van der Waals surface area (Å²) < 4.78 is 32.3. The summed E-state index contributed by atoms with van der Waals surface area (Å²) in [4.78, 5) is 40.2. The van der Waals surface area contributed by atoms with Crippen LogP contribution in [0.3, 0.4) is 0 Å². The summed E-state index contributed by atoms with van der Waals surface area (Å²) in [5, 5.41) is 13.0. The van der Waals surface area contributed by atoms with Crippen LogP contribution in [0.1, 0.15) is 0 Å². The number of rotatable bonds is 11. The number of benzene rings is 1. The number of thioether (sulfide) groups is 3. The van der Waals surface area contributed by atoms with Crippen LogP contribution in [0, 0.1) is 0 Å². The van der Waals surface area contributed by atoms with Gasteiger partial charge in [0.15, 0.2) is 18.9 Å². The van der Waals surface area contributed by atoms with Crippen molar-refractivity contribution in [2.24, 2.45) is 0 Å². The van der Waals surface area contributed by atoms with Gasteiger partial charge >= 0.3 is 5.97 Å². The SMILES string of the molecule is O=C(CSc1cc(Cl)ccc1Cl)N[C@H]1C(=O)N2C(C(=O)O)=C(CSc3cc[n+](CCS(=O)(=O)O)cc3)CS[C@H]12. The van der Waals surface area contributed by atoms with Crippen LogP contribution in [-0.2, 0) is 31.0 Å². The van der Waals surface area contributed by atoms with Crippen LogP contribution >= 0.6 is 58.5 Å². The first-order valence-electron chi connectivity index (χ1n) is 11.3. The van der Waals surface area contributed by atoms with Crippen molar-refractivity contribution in [1.29, 1.82) is 0 Å². The number of nitrogens with zero attached hydrogens (tertiary/aromatic N) is 2. The fraction of sp³-hybridized carbons (Fsp3) is 0.304. The Balaban J connectivity index is 1.35. The second-order valence-corrected chi connectivity index (χ2v) is 14.0. The van der Waals surface area contributed by atoms with Gasteiger partial charge in [-0.2, -0.15) is 8.42 Å². The number of nitrogens with one attached hydrogen (secondary N) is 1. The number of β-lactam (4-membered cyclic amide) rings is 1. The number of halogens is 2. The van der Waals surface area contributed by atoms with Gasteiger partial charge in [0.1, 0.15) is 22.9 Å². The number of aliphatic carboxylic acids is 1. The van der Waals surface area contributed by atoms with E-state index in [1.165, 1.54) is 40.2 Å². The number of fused-ring (bicyclic) bond motifs is 1. The van der Waals surface area contributed by atoms with Crippen molar-refractivity contribution in [2.75, 3.05) is 23.0 Å². The Morgan fingerprint density at radius 3 is 2.56 bits per heavy atom. The topological polar surface area (TPSA) is 145 Å². The monoisotopic (exact) mass is 650 g/mol. The molecule has 208 valence electrons. The number of pyridine rings is 1. The normalized spacial score (nSPS) is 18.9. The van der Waals surface area contributed by atoms with Gasteiger partial charge in [-0.15, -0.1) is 35.3 Å². The zero-order chi connectivity index (χ0) is 28.3. The molecule has 3 N–H and O–H groups in total. The van der Waals surface area contributed by atoms with Crippen molar-refractivity contribution in [3.63, 3.8) is 0 Å². The van der Waals surface area contributed by atoms with E-state index in [9.17, 15) is 27.9 Å². The van der Waals surface area contributed by atoms with E-state index in [4.69, 9.17) is 27.8 Å². The van der Waals surface area contributed by atoms with Crippen LogP contribution in [0.2, 0.25) is 10.0 Å². The molecule has 2 aliphatic heterocycles. The highest BCUT2D eigenvalue weighted by molar-refractivity contribution is 8.01. The molecule has 2 atom stereocenters. The maximum Gasteiger partial charge on any atom is 0.352 e. The van der Waals surface area contributed by atoms with E-state index in [0.29, 0.717) is 32.0 Å². The molecule has 16 heteroatoms. The Bertz CT molecular complexity index is 1440. The fourth-order valence-corrected chi connectivity index (χ4v) is 7.94. The number of aryl methyl sites for hydroxylation is 1. The van der Waals surface area contributed by atoms with Gasteiger partial charge in [0.2, 0.25) is 5.91 Å². The standard InChI is InChI=1S/C23H21Cl2N3O7S4/c24-14-1-2-16(25)17(9-14)37-12-18(29)26-19-21(30)28-20(23(31)32)13(11-38-22(19)28)10-36-15-3-5-27(6-4-15)7-8-39(33,34)35/h1-6,9,19,22H,7-8,10-12H2,(H2-,26,29,31,32,33,34,35)/p+1/t19-,22+/m0/s1. The minimum Gasteiger partial charge on any atom is -0.477 e. The van der Waals surface area contributed by atoms with Crippen molar-refractivity contribution in [3.8, 4) is 0 Å². The average molecular weight is 652 g/mol. The highest BCUT2D eigenvalue weighted by Crippen LogP contribution is 2.41. The molecule has 2 aliphatic rings. The Labute approximate surface area is 247 Å². The van der Waals surface area contributed by atoms with E-state index in [0.717, 1.165) is 4.90 Å². The van der Waals surface area contributed by atoms with E-state index < -0.39 is 39.2 Å². The van der Waals surface area contributed by atoms with Crippen LogP contribution in [0.15, 0.2) is 63.8 Å². The minimum absolute atomic E-state index is 0.0115. The van der Waals surface area contributed by atoms with Crippen molar-refractivity contribution in [1.82, 2.24) is 10.2 Å². The molecule has 4 rings (SSSR count). The molecule has 1 aromatic carbocycles. The molecule has 1 saturated heterocycles. The molecule has 0 radical (unpaired) electrons. The highest BCUT2D eigenvalue weighted by atomic mass is 35.5. The van der Waals surface area contributed by atoms with Gasteiger partial charge in [0.25, 0.3) is 16.0 Å². The molecule has 0 bridgehead atoms. The predicted octanol–water partition coefficient (Wildman–Crippen LogP) is 2.79. The molecule has 2 aromatic rings. The van der Waals surface area contributed by atoms with Crippen LogP contribution in [0.5, 0.6) is 0 Å². The smallest absolute Gasteiger partial charge is 0.352 e. The first kappa shape index (κ1) is 30.0. The molecule has 3 heterocycles. The van der Waals surface area contributed by atoms with E-state index in [1.807, 2.05) is 0 Å². The van der Waals surface area contributed by atoms with E-state index in [1.54, 1.807) is 47.3 Å². The molecular formula is C23H22Cl2N3O7S4+. The van der Waals surface area contributed by atoms with Gasteiger partial charge in [-0.25, -0.2) is 9.36 Å². The fourth-order valence-electron chi connectivity index (χ4n) is 3.82. The minimum atomic E-state index is -4.06. The zero-order valence-corrected chi connectivity index (χ0v) is 24.7. The molecule has 0 aliphatic carbocycles. The highest BCUT2D eigenvalue weighted by Gasteiger charge is 2.54. The van der Waals surface area contributed by atoms with Crippen LogP contribution in [-0.4, -0.2) is 75.2 Å². The van der Waals surface area contributed by atoms with Crippen LogP contribution in [0.4, 0.5) is 0 Å². The van der Waals surface area contributed by atoms with Crippen molar-refractivity contribution < 1.29 is 37.0 Å². The summed E-state index contributed by atoms with van der Waals surface area (Å²) in [6.07, 6.45) is 3.33. The number of carbonyl (C=O) groups excluding carboxylic acids is 2.